The zero-order chi connectivity index (χ0) is 42.0. The van der Waals surface area contributed by atoms with Crippen LogP contribution in [0, 0.1) is 5.92 Å². The largest absolute Gasteiger partial charge is 0.460 e. The highest BCUT2D eigenvalue weighted by molar-refractivity contribution is 7.09. The van der Waals surface area contributed by atoms with Gasteiger partial charge >= 0.3 is 18.1 Å². The van der Waals surface area contributed by atoms with Gasteiger partial charge in [0.05, 0.1) is 33.7 Å². The molecule has 0 saturated heterocycles. The second kappa shape index (κ2) is 23.2. The molecule has 0 bridgehead atoms. The zero-order valence-electron chi connectivity index (χ0n) is 33.7. The number of carbonyl (C=O) groups is 5. The standard InChI is InChI=1S/C42H55N7O7S2/c1-27(2)38(48-41(53)49(5)23-32-25-57-40(46-32)28(3)4)39(52)45-31(19-29-13-8-6-9-14-29)21-35(56-37(51)18-12-17-36(43)50)34(20-30-15-10-7-11-16-30)47-42(54)55-24-33-22-44-26-58-33/h6-11,13-16,22,25-28,31,34-35,38H,12,17-21,23-24H2,1-5H3,(H2,43,50)(H,45,52)(H,47,54)(H,48,53)/t31-,34-,35-,38-/m0/s1. The molecule has 0 unspecified atom stereocenters. The Morgan fingerprint density at radius 1 is 0.862 bits per heavy atom. The second-order valence-corrected chi connectivity index (χ2v) is 16.7. The van der Waals surface area contributed by atoms with Gasteiger partial charge < -0.3 is 36.1 Å². The third-order valence-corrected chi connectivity index (χ3v) is 11.1. The van der Waals surface area contributed by atoms with Crippen molar-refractivity contribution in [1.29, 1.82) is 0 Å². The van der Waals surface area contributed by atoms with Gasteiger partial charge in [-0.05, 0) is 36.3 Å². The minimum Gasteiger partial charge on any atom is -0.460 e. The number of amides is 5. The number of rotatable bonds is 22. The van der Waals surface area contributed by atoms with Crippen LogP contribution in [-0.4, -0.2) is 76.1 Å². The summed E-state index contributed by atoms with van der Waals surface area (Å²) in [5.74, 6) is -1.57. The van der Waals surface area contributed by atoms with Crippen molar-refractivity contribution in [3.63, 3.8) is 0 Å². The van der Waals surface area contributed by atoms with Crippen molar-refractivity contribution < 1.29 is 33.4 Å². The summed E-state index contributed by atoms with van der Waals surface area (Å²) in [6.07, 6.45) is 0.699. The van der Waals surface area contributed by atoms with Gasteiger partial charge in [-0.25, -0.2) is 14.6 Å². The Labute approximate surface area is 348 Å². The van der Waals surface area contributed by atoms with Crippen molar-refractivity contribution >= 4 is 52.6 Å². The van der Waals surface area contributed by atoms with Gasteiger partial charge in [-0.2, -0.15) is 0 Å². The third kappa shape index (κ3) is 15.5. The molecule has 4 atom stereocenters. The fourth-order valence-corrected chi connectivity index (χ4v) is 7.46. The lowest BCUT2D eigenvalue weighted by molar-refractivity contribution is -0.151. The number of alkyl carbamates (subject to hydrolysis) is 1. The Bertz CT molecular complexity index is 1890. The maximum Gasteiger partial charge on any atom is 0.407 e. The Kier molecular flexibility index (Phi) is 18.1. The summed E-state index contributed by atoms with van der Waals surface area (Å²) >= 11 is 2.89. The van der Waals surface area contributed by atoms with E-state index in [2.05, 4.69) is 39.8 Å². The molecule has 0 aliphatic carbocycles. The van der Waals surface area contributed by atoms with E-state index in [4.69, 9.17) is 15.2 Å². The van der Waals surface area contributed by atoms with E-state index in [9.17, 15) is 24.0 Å². The van der Waals surface area contributed by atoms with E-state index in [-0.39, 0.29) is 57.1 Å². The van der Waals surface area contributed by atoms with Crippen molar-refractivity contribution in [3.8, 4) is 0 Å². The van der Waals surface area contributed by atoms with Crippen LogP contribution in [0.4, 0.5) is 9.59 Å². The Morgan fingerprint density at radius 2 is 1.53 bits per heavy atom. The predicted molar refractivity (Wildman–Crippen MR) is 224 cm³/mol. The summed E-state index contributed by atoms with van der Waals surface area (Å²) in [6.45, 7) is 8.09. The van der Waals surface area contributed by atoms with Crippen LogP contribution >= 0.6 is 22.7 Å². The summed E-state index contributed by atoms with van der Waals surface area (Å²) < 4.78 is 11.7. The maximum absolute atomic E-state index is 14.2. The molecule has 312 valence electrons. The molecule has 14 nitrogen and oxygen atoms in total. The number of hydrogen-bond acceptors (Lipinski definition) is 11. The number of carbonyl (C=O) groups excluding carboxylic acids is 5. The smallest absolute Gasteiger partial charge is 0.407 e. The van der Waals surface area contributed by atoms with Crippen LogP contribution in [0.3, 0.4) is 0 Å². The molecule has 4 rings (SSSR count). The molecule has 0 saturated carbocycles. The summed E-state index contributed by atoms with van der Waals surface area (Å²) in [6, 6.07) is 16.2. The number of ether oxygens (including phenoxy) is 2. The first-order valence-corrected chi connectivity index (χ1v) is 21.2. The third-order valence-electron chi connectivity index (χ3n) is 9.19. The Balaban J connectivity index is 1.60. The number of urea groups is 1. The Hall–Kier alpha value is -5.35. The molecule has 0 aliphatic heterocycles. The lowest BCUT2D eigenvalue weighted by Gasteiger charge is -2.32. The molecule has 0 spiro atoms. The predicted octanol–water partition coefficient (Wildman–Crippen LogP) is 6.11. The molecular formula is C42H55N7O7S2. The number of thiazole rings is 2. The van der Waals surface area contributed by atoms with E-state index in [0.717, 1.165) is 26.7 Å². The second-order valence-electron chi connectivity index (χ2n) is 14.8. The lowest BCUT2D eigenvalue weighted by atomic mass is 9.92. The topological polar surface area (TPSA) is 195 Å². The average Bonchev–Trinajstić information content (AvgIpc) is 3.89. The van der Waals surface area contributed by atoms with Gasteiger partial charge in [0.2, 0.25) is 11.8 Å². The fraction of sp³-hybridized carbons (Fsp3) is 0.452. The SMILES string of the molecule is CC(C)c1nc(CN(C)C(=O)N[C@H](C(=O)N[C@@H](Cc2ccccc2)C[C@H](OC(=O)CCCC(N)=O)[C@H](Cc2ccccc2)NC(=O)OCc2cncs2)C(C)C)cs1. The first kappa shape index (κ1) is 45.4. The van der Waals surface area contributed by atoms with E-state index in [0.29, 0.717) is 6.42 Å². The number of esters is 1. The van der Waals surface area contributed by atoms with Crippen molar-refractivity contribution in [2.45, 2.75) is 110 Å². The van der Waals surface area contributed by atoms with Crippen LogP contribution in [0.2, 0.25) is 0 Å². The van der Waals surface area contributed by atoms with Crippen LogP contribution in [0.15, 0.2) is 77.8 Å². The number of hydrogen-bond donors (Lipinski definition) is 4. The van der Waals surface area contributed by atoms with E-state index in [1.807, 2.05) is 79.9 Å². The number of nitrogens with one attached hydrogen (secondary N) is 3. The van der Waals surface area contributed by atoms with E-state index < -0.39 is 54.1 Å². The number of aromatic nitrogens is 2. The summed E-state index contributed by atoms with van der Waals surface area (Å²) in [5.41, 5.74) is 9.50. The highest BCUT2D eigenvalue weighted by Gasteiger charge is 2.33. The van der Waals surface area contributed by atoms with Crippen molar-refractivity contribution in [2.75, 3.05) is 7.05 Å². The van der Waals surface area contributed by atoms with E-state index in [1.54, 1.807) is 30.1 Å². The first-order valence-electron chi connectivity index (χ1n) is 19.4. The summed E-state index contributed by atoms with van der Waals surface area (Å²) in [7, 11) is 1.65. The van der Waals surface area contributed by atoms with Crippen molar-refractivity contribution in [2.24, 2.45) is 11.7 Å². The number of primary amides is 1. The molecule has 0 aliphatic rings. The van der Waals surface area contributed by atoms with Gasteiger partial charge in [-0.1, -0.05) is 88.4 Å². The minimum absolute atomic E-state index is 0.000917. The van der Waals surface area contributed by atoms with Gasteiger partial charge in [0, 0.05) is 49.8 Å². The molecule has 16 heteroatoms. The minimum atomic E-state index is -0.974. The maximum atomic E-state index is 14.2. The number of nitrogens with zero attached hydrogens (tertiary/aromatic N) is 3. The number of nitrogens with two attached hydrogens (primary N) is 1. The number of benzene rings is 2. The van der Waals surface area contributed by atoms with E-state index in [1.165, 1.54) is 16.2 Å². The molecule has 58 heavy (non-hydrogen) atoms. The van der Waals surface area contributed by atoms with Gasteiger partial charge in [-0.15, -0.1) is 22.7 Å². The van der Waals surface area contributed by atoms with Crippen LogP contribution in [0.25, 0.3) is 0 Å². The van der Waals surface area contributed by atoms with Gasteiger partial charge in [0.1, 0.15) is 18.8 Å². The summed E-state index contributed by atoms with van der Waals surface area (Å²) in [4.78, 5) is 76.8. The van der Waals surface area contributed by atoms with Gasteiger partial charge in [0.25, 0.3) is 0 Å². The Morgan fingerprint density at radius 3 is 2.12 bits per heavy atom. The molecule has 2 aromatic carbocycles. The fourth-order valence-electron chi connectivity index (χ4n) is 6.13. The molecular weight excluding hydrogens is 779 g/mol. The van der Waals surface area contributed by atoms with Crippen molar-refractivity contribution in [3.05, 3.63) is 104 Å². The lowest BCUT2D eigenvalue weighted by Crippen LogP contribution is -2.56. The molecule has 5 N–H and O–H groups in total. The van der Waals surface area contributed by atoms with Crippen LogP contribution in [0.1, 0.15) is 86.0 Å². The normalized spacial score (nSPS) is 13.2. The van der Waals surface area contributed by atoms with E-state index >= 15 is 0 Å². The highest BCUT2D eigenvalue weighted by atomic mass is 32.1. The van der Waals surface area contributed by atoms with Gasteiger partial charge in [-0.3, -0.25) is 19.4 Å². The van der Waals surface area contributed by atoms with Gasteiger partial charge in [0.15, 0.2) is 0 Å². The first-order chi connectivity index (χ1) is 27.8. The summed E-state index contributed by atoms with van der Waals surface area (Å²) in [5, 5.41) is 11.9. The molecule has 0 fully saturated rings. The monoisotopic (exact) mass is 833 g/mol. The molecule has 5 amide bonds. The molecule has 4 aromatic rings. The molecule has 2 heterocycles. The highest BCUT2D eigenvalue weighted by Crippen LogP contribution is 2.21. The van der Waals surface area contributed by atoms with Crippen LogP contribution < -0.4 is 21.7 Å². The van der Waals surface area contributed by atoms with Crippen LogP contribution in [-0.2, 0) is 49.9 Å². The average molecular weight is 834 g/mol. The molecule has 2 aromatic heterocycles. The van der Waals surface area contributed by atoms with Crippen molar-refractivity contribution in [1.82, 2.24) is 30.8 Å². The zero-order valence-corrected chi connectivity index (χ0v) is 35.4. The molecule has 0 radical (unpaired) electrons. The van der Waals surface area contributed by atoms with Crippen LogP contribution in [0.5, 0.6) is 0 Å². The quantitative estimate of drug-likeness (QED) is 0.0676.